The first-order valence-corrected chi connectivity index (χ1v) is 5.55. The van der Waals surface area contributed by atoms with Gasteiger partial charge in [0.15, 0.2) is 0 Å². The second-order valence-corrected chi connectivity index (χ2v) is 4.75. The van der Waals surface area contributed by atoms with Crippen molar-refractivity contribution in [2.75, 3.05) is 6.61 Å². The molecule has 0 aromatic heterocycles. The van der Waals surface area contributed by atoms with E-state index in [4.69, 9.17) is 27.9 Å². The molecular formula is C9H7BrCl2O. The Morgan fingerprint density at radius 3 is 3.00 bits per heavy atom. The zero-order valence-corrected chi connectivity index (χ0v) is 9.79. The van der Waals surface area contributed by atoms with E-state index in [0.29, 0.717) is 11.6 Å². The molecule has 0 aliphatic carbocycles. The van der Waals surface area contributed by atoms with E-state index in [9.17, 15) is 0 Å². The van der Waals surface area contributed by atoms with Gasteiger partial charge in [0.25, 0.3) is 0 Å². The van der Waals surface area contributed by atoms with Crippen LogP contribution in [0.15, 0.2) is 16.6 Å². The molecule has 0 fully saturated rings. The number of ether oxygens (including phenoxy) is 1. The van der Waals surface area contributed by atoms with E-state index in [1.54, 1.807) is 0 Å². The molecule has 0 bridgehead atoms. The van der Waals surface area contributed by atoms with Crippen LogP contribution in [0.3, 0.4) is 0 Å². The van der Waals surface area contributed by atoms with E-state index in [1.165, 1.54) is 0 Å². The molecule has 0 amide bonds. The lowest BCUT2D eigenvalue weighted by Gasteiger charge is -2.22. The minimum atomic E-state index is -0.0238. The zero-order chi connectivity index (χ0) is 9.42. The largest absolute Gasteiger partial charge is 0.493 e. The summed E-state index contributed by atoms with van der Waals surface area (Å²) in [7, 11) is 0. The predicted molar refractivity (Wildman–Crippen MR) is 57.9 cm³/mol. The fourth-order valence-electron chi connectivity index (χ4n) is 1.40. The summed E-state index contributed by atoms with van der Waals surface area (Å²) in [5, 5.41) is 0.647. The third kappa shape index (κ3) is 1.80. The number of alkyl halides is 1. The topological polar surface area (TPSA) is 9.23 Å². The van der Waals surface area contributed by atoms with Crippen molar-refractivity contribution in [3.63, 3.8) is 0 Å². The molecule has 0 radical (unpaired) electrons. The van der Waals surface area contributed by atoms with Crippen molar-refractivity contribution < 1.29 is 4.74 Å². The second kappa shape index (κ2) is 3.68. The van der Waals surface area contributed by atoms with Crippen LogP contribution in [-0.2, 0) is 0 Å². The molecule has 1 aliphatic rings. The van der Waals surface area contributed by atoms with Gasteiger partial charge in [-0.05, 0) is 12.1 Å². The maximum Gasteiger partial charge on any atom is 0.126 e. The summed E-state index contributed by atoms with van der Waals surface area (Å²) in [5.41, 5.74) is 0.915. The Morgan fingerprint density at radius 1 is 1.46 bits per heavy atom. The average Bonchev–Trinajstić information content (AvgIpc) is 2.02. The standard InChI is InChI=1S/C9H7BrCl2O/c10-5-3-7(12)9-6(11)1-2-13-8(9)4-5/h3-4,6H,1-2H2. The summed E-state index contributed by atoms with van der Waals surface area (Å²) in [6, 6.07) is 3.74. The lowest BCUT2D eigenvalue weighted by Crippen LogP contribution is -2.11. The molecule has 1 aromatic carbocycles. The van der Waals surface area contributed by atoms with E-state index < -0.39 is 0 Å². The van der Waals surface area contributed by atoms with Gasteiger partial charge < -0.3 is 4.74 Å². The highest BCUT2D eigenvalue weighted by Crippen LogP contribution is 2.42. The molecule has 1 nitrogen and oxygen atoms in total. The highest BCUT2D eigenvalue weighted by Gasteiger charge is 2.22. The van der Waals surface area contributed by atoms with Gasteiger partial charge in [-0.1, -0.05) is 27.5 Å². The summed E-state index contributed by atoms with van der Waals surface area (Å²) >= 11 is 15.5. The van der Waals surface area contributed by atoms with Crippen molar-refractivity contribution in [3.05, 3.63) is 27.2 Å². The molecule has 0 spiro atoms. The Kier molecular flexibility index (Phi) is 2.72. The zero-order valence-electron chi connectivity index (χ0n) is 6.69. The highest BCUT2D eigenvalue weighted by molar-refractivity contribution is 9.10. The van der Waals surface area contributed by atoms with Gasteiger partial charge in [0.05, 0.1) is 17.0 Å². The Balaban J connectivity index is 2.56. The Labute approximate surface area is 95.1 Å². The van der Waals surface area contributed by atoms with Crippen molar-refractivity contribution in [2.24, 2.45) is 0 Å². The first kappa shape index (κ1) is 9.63. The summed E-state index contributed by atoms with van der Waals surface area (Å²) in [5.74, 6) is 0.797. The van der Waals surface area contributed by atoms with Crippen molar-refractivity contribution in [2.45, 2.75) is 11.8 Å². The van der Waals surface area contributed by atoms with Crippen LogP contribution in [0, 0.1) is 0 Å². The Morgan fingerprint density at radius 2 is 2.23 bits per heavy atom. The van der Waals surface area contributed by atoms with Crippen LogP contribution in [0.2, 0.25) is 5.02 Å². The van der Waals surface area contributed by atoms with Gasteiger partial charge in [0, 0.05) is 16.5 Å². The minimum absolute atomic E-state index is 0.0238. The van der Waals surface area contributed by atoms with E-state index in [1.807, 2.05) is 12.1 Å². The normalized spacial score (nSPS) is 20.7. The number of hydrogen-bond donors (Lipinski definition) is 0. The third-order valence-corrected chi connectivity index (χ3v) is 3.21. The summed E-state index contributed by atoms with van der Waals surface area (Å²) in [6.07, 6.45) is 0.815. The van der Waals surface area contributed by atoms with E-state index in [-0.39, 0.29) is 5.38 Å². The van der Waals surface area contributed by atoms with Crippen LogP contribution in [0.4, 0.5) is 0 Å². The molecule has 0 saturated carbocycles. The summed E-state index contributed by atoms with van der Waals surface area (Å²) in [6.45, 7) is 0.661. The van der Waals surface area contributed by atoms with Crippen molar-refractivity contribution in [1.82, 2.24) is 0 Å². The molecule has 0 N–H and O–H groups in total. The third-order valence-electron chi connectivity index (χ3n) is 2.00. The van der Waals surface area contributed by atoms with E-state index in [2.05, 4.69) is 15.9 Å². The molecule has 1 atom stereocenters. The number of halogens is 3. The molecule has 4 heteroatoms. The molecule has 1 aromatic rings. The van der Waals surface area contributed by atoms with Gasteiger partial charge in [-0.2, -0.15) is 0 Å². The summed E-state index contributed by atoms with van der Waals surface area (Å²) < 4.78 is 6.38. The van der Waals surface area contributed by atoms with Gasteiger partial charge >= 0.3 is 0 Å². The molecule has 70 valence electrons. The number of benzene rings is 1. The van der Waals surface area contributed by atoms with E-state index in [0.717, 1.165) is 22.2 Å². The van der Waals surface area contributed by atoms with Crippen LogP contribution < -0.4 is 4.74 Å². The predicted octanol–water partition coefficient (Wildman–Crippen LogP) is 4.16. The number of rotatable bonds is 0. The van der Waals surface area contributed by atoms with Crippen LogP contribution in [0.25, 0.3) is 0 Å². The summed E-state index contributed by atoms with van der Waals surface area (Å²) in [4.78, 5) is 0. The monoisotopic (exact) mass is 280 g/mol. The van der Waals surface area contributed by atoms with Gasteiger partial charge in [-0.25, -0.2) is 0 Å². The highest BCUT2D eigenvalue weighted by atomic mass is 79.9. The fourth-order valence-corrected chi connectivity index (χ4v) is 2.68. The van der Waals surface area contributed by atoms with Gasteiger partial charge in [-0.15, -0.1) is 11.6 Å². The van der Waals surface area contributed by atoms with Gasteiger partial charge in [0.1, 0.15) is 5.75 Å². The molecule has 2 rings (SSSR count). The van der Waals surface area contributed by atoms with Crippen LogP contribution in [-0.4, -0.2) is 6.61 Å². The molecule has 13 heavy (non-hydrogen) atoms. The lowest BCUT2D eigenvalue weighted by atomic mass is 10.1. The quantitative estimate of drug-likeness (QED) is 0.649. The maximum atomic E-state index is 6.13. The van der Waals surface area contributed by atoms with Crippen LogP contribution in [0.1, 0.15) is 17.4 Å². The van der Waals surface area contributed by atoms with E-state index >= 15 is 0 Å². The lowest BCUT2D eigenvalue weighted by molar-refractivity contribution is 0.285. The van der Waals surface area contributed by atoms with Crippen molar-refractivity contribution >= 4 is 39.1 Å². The van der Waals surface area contributed by atoms with Crippen LogP contribution >= 0.6 is 39.1 Å². The Hall–Kier alpha value is 0.0800. The smallest absolute Gasteiger partial charge is 0.126 e. The molecule has 1 heterocycles. The second-order valence-electron chi connectivity index (χ2n) is 2.90. The first-order valence-electron chi connectivity index (χ1n) is 3.94. The van der Waals surface area contributed by atoms with Gasteiger partial charge in [0.2, 0.25) is 0 Å². The molecular weight excluding hydrogens is 275 g/mol. The molecule has 1 unspecified atom stereocenters. The minimum Gasteiger partial charge on any atom is -0.493 e. The maximum absolute atomic E-state index is 6.13. The number of hydrogen-bond acceptors (Lipinski definition) is 1. The van der Waals surface area contributed by atoms with Crippen molar-refractivity contribution in [1.29, 1.82) is 0 Å². The average molecular weight is 282 g/mol. The molecule has 0 saturated heterocycles. The molecule has 1 aliphatic heterocycles. The van der Waals surface area contributed by atoms with Crippen LogP contribution in [0.5, 0.6) is 5.75 Å². The number of fused-ring (bicyclic) bond motifs is 1. The van der Waals surface area contributed by atoms with Gasteiger partial charge in [-0.3, -0.25) is 0 Å². The Bertz CT molecular complexity index is 341. The fraction of sp³-hybridized carbons (Fsp3) is 0.333. The van der Waals surface area contributed by atoms with Crippen molar-refractivity contribution in [3.8, 4) is 5.75 Å². The SMILES string of the molecule is Clc1cc(Br)cc2c1C(Cl)CCO2. The first-order chi connectivity index (χ1) is 6.18.